The highest BCUT2D eigenvalue weighted by molar-refractivity contribution is 6.36. The van der Waals surface area contributed by atoms with Crippen molar-refractivity contribution >= 4 is 35.3 Å². The van der Waals surface area contributed by atoms with E-state index in [2.05, 4.69) is 10.5 Å². The number of carbonyl (C=O) groups is 1. The van der Waals surface area contributed by atoms with Gasteiger partial charge in [-0.25, -0.2) is 5.43 Å². The van der Waals surface area contributed by atoms with Crippen LogP contribution in [0.3, 0.4) is 0 Å². The summed E-state index contributed by atoms with van der Waals surface area (Å²) in [5.74, 6) is -0.860. The molecule has 0 radical (unpaired) electrons. The monoisotopic (exact) mass is 384 g/mol. The highest BCUT2D eigenvalue weighted by Gasteiger charge is 2.15. The van der Waals surface area contributed by atoms with Gasteiger partial charge in [-0.05, 0) is 24.3 Å². The van der Waals surface area contributed by atoms with Crippen molar-refractivity contribution in [2.75, 3.05) is 14.2 Å². The summed E-state index contributed by atoms with van der Waals surface area (Å²) >= 11 is 11.6. The lowest BCUT2D eigenvalue weighted by Crippen LogP contribution is -2.17. The Hall–Kier alpha value is -2.64. The Kier molecular flexibility index (Phi) is 5.95. The first-order valence-corrected chi connectivity index (χ1v) is 7.59. The highest BCUT2D eigenvalue weighted by atomic mass is 35.5. The van der Waals surface area contributed by atoms with E-state index in [4.69, 9.17) is 32.7 Å². The molecule has 132 valence electrons. The minimum atomic E-state index is -0.583. The van der Waals surface area contributed by atoms with E-state index >= 15 is 0 Å². The summed E-state index contributed by atoms with van der Waals surface area (Å²) in [6.07, 6.45) is 1.19. The van der Waals surface area contributed by atoms with Crippen LogP contribution in [0.2, 0.25) is 10.0 Å². The van der Waals surface area contributed by atoms with Crippen LogP contribution < -0.4 is 14.9 Å². The van der Waals surface area contributed by atoms with E-state index in [1.165, 1.54) is 44.7 Å². The lowest BCUT2D eigenvalue weighted by Gasteiger charge is -2.10. The number of methoxy groups -OCH3 is 2. The zero-order chi connectivity index (χ0) is 18.6. The molecule has 2 rings (SSSR count). The summed E-state index contributed by atoms with van der Waals surface area (Å²) in [6.45, 7) is 0. The van der Waals surface area contributed by atoms with E-state index in [1.54, 1.807) is 0 Å². The van der Waals surface area contributed by atoms with Crippen molar-refractivity contribution in [1.29, 1.82) is 0 Å². The second-order valence-electron chi connectivity index (χ2n) is 4.75. The van der Waals surface area contributed by atoms with Gasteiger partial charge in [-0.3, -0.25) is 4.79 Å². The molecular formula is C16H14Cl2N2O5. The number of phenols is 2. The first kappa shape index (κ1) is 18.7. The molecule has 25 heavy (non-hydrogen) atoms. The van der Waals surface area contributed by atoms with Crippen molar-refractivity contribution in [2.45, 2.75) is 0 Å². The van der Waals surface area contributed by atoms with Crippen molar-refractivity contribution in [2.24, 2.45) is 5.10 Å². The molecule has 0 aromatic heterocycles. The fourth-order valence-corrected chi connectivity index (χ4v) is 2.44. The number of hydrogen-bond donors (Lipinski definition) is 3. The number of carbonyl (C=O) groups excluding carboxylic acids is 1. The molecule has 3 N–H and O–H groups in total. The highest BCUT2D eigenvalue weighted by Crippen LogP contribution is 2.37. The van der Waals surface area contributed by atoms with Gasteiger partial charge in [0.1, 0.15) is 5.75 Å². The first-order valence-electron chi connectivity index (χ1n) is 6.83. The van der Waals surface area contributed by atoms with Crippen molar-refractivity contribution < 1.29 is 24.5 Å². The van der Waals surface area contributed by atoms with Crippen LogP contribution in [0.25, 0.3) is 0 Å². The SMILES string of the molecule is COc1cc(C(=O)N/N=C/c2cc(Cl)cc(Cl)c2O)cc(OC)c1O. The van der Waals surface area contributed by atoms with Crippen molar-refractivity contribution in [3.8, 4) is 23.0 Å². The molecule has 2 aromatic rings. The third-order valence-electron chi connectivity index (χ3n) is 3.17. The maximum absolute atomic E-state index is 12.2. The number of nitrogens with zero attached hydrogens (tertiary/aromatic N) is 1. The van der Waals surface area contributed by atoms with Crippen LogP contribution in [0, 0.1) is 0 Å². The Morgan fingerprint density at radius 1 is 1.08 bits per heavy atom. The molecule has 0 spiro atoms. The number of hydrogen-bond acceptors (Lipinski definition) is 6. The molecule has 7 nitrogen and oxygen atoms in total. The molecule has 0 aliphatic carbocycles. The van der Waals surface area contributed by atoms with Crippen LogP contribution in [0.5, 0.6) is 23.0 Å². The van der Waals surface area contributed by atoms with Gasteiger partial charge in [-0.1, -0.05) is 23.2 Å². The maximum atomic E-state index is 12.2. The Balaban J connectivity index is 2.21. The summed E-state index contributed by atoms with van der Waals surface area (Å²) in [4.78, 5) is 12.2. The van der Waals surface area contributed by atoms with E-state index in [1.807, 2.05) is 0 Å². The van der Waals surface area contributed by atoms with E-state index < -0.39 is 5.91 Å². The van der Waals surface area contributed by atoms with Crippen molar-refractivity contribution in [1.82, 2.24) is 5.43 Å². The Morgan fingerprint density at radius 3 is 2.24 bits per heavy atom. The lowest BCUT2D eigenvalue weighted by molar-refractivity contribution is 0.0954. The van der Waals surface area contributed by atoms with Crippen LogP contribution in [-0.2, 0) is 0 Å². The second-order valence-corrected chi connectivity index (χ2v) is 5.60. The number of aromatic hydroxyl groups is 2. The molecule has 0 saturated heterocycles. The average molecular weight is 385 g/mol. The van der Waals surface area contributed by atoms with Crippen molar-refractivity contribution in [3.63, 3.8) is 0 Å². The molecule has 0 bridgehead atoms. The molecule has 9 heteroatoms. The summed E-state index contributed by atoms with van der Waals surface area (Å²) in [5.41, 5.74) is 2.66. The number of ether oxygens (including phenoxy) is 2. The van der Waals surface area contributed by atoms with E-state index in [0.29, 0.717) is 5.02 Å². The molecule has 0 unspecified atom stereocenters. The number of phenolic OH excluding ortho intramolecular Hbond substituents is 2. The zero-order valence-corrected chi connectivity index (χ0v) is 14.7. The summed E-state index contributed by atoms with van der Waals surface area (Å²) in [5, 5.41) is 23.8. The largest absolute Gasteiger partial charge is 0.506 e. The fourth-order valence-electron chi connectivity index (χ4n) is 1.93. The third-order valence-corrected chi connectivity index (χ3v) is 3.68. The van der Waals surface area contributed by atoms with E-state index in [-0.39, 0.29) is 39.1 Å². The molecular weight excluding hydrogens is 371 g/mol. The number of benzene rings is 2. The molecule has 1 amide bonds. The van der Waals surface area contributed by atoms with E-state index in [9.17, 15) is 15.0 Å². The van der Waals surface area contributed by atoms with Gasteiger partial charge in [0.15, 0.2) is 11.5 Å². The van der Waals surface area contributed by atoms with Crippen molar-refractivity contribution in [3.05, 3.63) is 45.4 Å². The number of amides is 1. The lowest BCUT2D eigenvalue weighted by atomic mass is 10.1. The number of hydrazone groups is 1. The van der Waals surface area contributed by atoms with Gasteiger partial charge in [-0.2, -0.15) is 5.10 Å². The van der Waals surface area contributed by atoms with E-state index in [0.717, 1.165) is 0 Å². The molecule has 0 atom stereocenters. The normalized spacial score (nSPS) is 10.7. The minimum absolute atomic E-state index is 0.0632. The Morgan fingerprint density at radius 2 is 1.68 bits per heavy atom. The molecule has 0 heterocycles. The summed E-state index contributed by atoms with van der Waals surface area (Å²) in [7, 11) is 2.69. The predicted molar refractivity (Wildman–Crippen MR) is 94.4 cm³/mol. The number of rotatable bonds is 5. The molecule has 0 saturated carbocycles. The van der Waals surface area contributed by atoms with Gasteiger partial charge in [-0.15, -0.1) is 0 Å². The van der Waals surface area contributed by atoms with Crippen LogP contribution in [-0.4, -0.2) is 36.6 Å². The fraction of sp³-hybridized carbons (Fsp3) is 0.125. The summed E-state index contributed by atoms with van der Waals surface area (Å²) < 4.78 is 9.97. The molecule has 0 fully saturated rings. The number of halogens is 2. The zero-order valence-electron chi connectivity index (χ0n) is 13.2. The average Bonchev–Trinajstić information content (AvgIpc) is 2.59. The minimum Gasteiger partial charge on any atom is -0.506 e. The van der Waals surface area contributed by atoms with Crippen LogP contribution in [0.1, 0.15) is 15.9 Å². The van der Waals surface area contributed by atoms with Gasteiger partial charge in [0.2, 0.25) is 5.75 Å². The quantitative estimate of drug-likeness (QED) is 0.542. The van der Waals surface area contributed by atoms with Crippen LogP contribution in [0.15, 0.2) is 29.4 Å². The van der Waals surface area contributed by atoms with Crippen LogP contribution >= 0.6 is 23.2 Å². The third kappa shape index (κ3) is 4.26. The maximum Gasteiger partial charge on any atom is 0.271 e. The molecule has 0 aliphatic rings. The molecule has 2 aromatic carbocycles. The Labute approximate surface area is 153 Å². The Bertz CT molecular complexity index is 815. The van der Waals surface area contributed by atoms with Gasteiger partial charge in [0.05, 0.1) is 25.5 Å². The van der Waals surface area contributed by atoms with Gasteiger partial charge >= 0.3 is 0 Å². The molecule has 0 aliphatic heterocycles. The second kappa shape index (κ2) is 7.96. The van der Waals surface area contributed by atoms with Crippen LogP contribution in [0.4, 0.5) is 0 Å². The standard InChI is InChI=1S/C16H14Cl2N2O5/c1-24-12-4-8(5-13(25-2)15(12)22)16(23)20-19-7-9-3-10(17)6-11(18)14(9)21/h3-7,21-22H,1-2H3,(H,20,23)/b19-7+. The van der Waals surface area contributed by atoms with Gasteiger partial charge in [0.25, 0.3) is 5.91 Å². The predicted octanol–water partition coefficient (Wildman–Crippen LogP) is 3.19. The van der Waals surface area contributed by atoms with Gasteiger partial charge in [0, 0.05) is 16.1 Å². The van der Waals surface area contributed by atoms with Gasteiger partial charge < -0.3 is 19.7 Å². The first-order chi connectivity index (χ1) is 11.9. The number of nitrogens with one attached hydrogen (secondary N) is 1. The summed E-state index contributed by atoms with van der Waals surface area (Å²) in [6, 6.07) is 5.47. The smallest absolute Gasteiger partial charge is 0.271 e. The topological polar surface area (TPSA) is 100 Å².